The maximum Gasteiger partial charge on any atom is 0.414 e. The Hall–Kier alpha value is -2.78. The van der Waals surface area contributed by atoms with Crippen molar-refractivity contribution in [2.75, 3.05) is 52.4 Å². The van der Waals surface area contributed by atoms with Crippen molar-refractivity contribution < 1.29 is 19.8 Å². The van der Waals surface area contributed by atoms with Crippen LogP contribution in [-0.4, -0.2) is 84.3 Å². The van der Waals surface area contributed by atoms with Crippen LogP contribution in [0.1, 0.15) is 11.1 Å². The molecule has 0 amide bonds. The van der Waals surface area contributed by atoms with Gasteiger partial charge in [0, 0.05) is 76.3 Å². The highest BCUT2D eigenvalue weighted by Crippen LogP contribution is 2.35. The third-order valence-electron chi connectivity index (χ3n) is 6.92. The SMILES string of the molecule is O=C(O)C(=O)O.c1ccc(CN2CC3(CNC3)C2)cc1.c1ccc(CN2CC3(CNC3)C2)cc1. The van der Waals surface area contributed by atoms with Gasteiger partial charge < -0.3 is 20.8 Å². The Balaban J connectivity index is 0.000000132. The molecule has 2 aromatic rings. The molecule has 0 aromatic heterocycles. The zero-order valence-electron chi connectivity index (χ0n) is 19.4. The van der Waals surface area contributed by atoms with E-state index in [2.05, 4.69) is 81.1 Å². The predicted molar refractivity (Wildman–Crippen MR) is 129 cm³/mol. The maximum atomic E-state index is 9.10. The predicted octanol–water partition coefficient (Wildman–Crippen LogP) is 1.34. The third-order valence-corrected chi connectivity index (χ3v) is 6.92. The van der Waals surface area contributed by atoms with Crippen LogP contribution in [0.2, 0.25) is 0 Å². The van der Waals surface area contributed by atoms with Gasteiger partial charge in [-0.15, -0.1) is 0 Å². The highest BCUT2D eigenvalue weighted by atomic mass is 16.4. The van der Waals surface area contributed by atoms with Crippen molar-refractivity contribution in [3.63, 3.8) is 0 Å². The van der Waals surface area contributed by atoms with Gasteiger partial charge in [0.1, 0.15) is 0 Å². The molecule has 4 saturated heterocycles. The smallest absolute Gasteiger partial charge is 0.414 e. The van der Waals surface area contributed by atoms with Crippen LogP contribution in [0, 0.1) is 10.8 Å². The third kappa shape index (κ3) is 6.21. The van der Waals surface area contributed by atoms with E-state index in [4.69, 9.17) is 19.8 Å². The van der Waals surface area contributed by atoms with Gasteiger partial charge in [-0.1, -0.05) is 60.7 Å². The van der Waals surface area contributed by atoms with Crippen molar-refractivity contribution in [3.8, 4) is 0 Å². The first-order chi connectivity index (χ1) is 16.4. The van der Waals surface area contributed by atoms with Gasteiger partial charge in [-0.25, -0.2) is 9.59 Å². The molecule has 0 unspecified atom stereocenters. The van der Waals surface area contributed by atoms with Gasteiger partial charge >= 0.3 is 11.9 Å². The van der Waals surface area contributed by atoms with Gasteiger partial charge in [0.25, 0.3) is 0 Å². The number of aliphatic carboxylic acids is 2. The Morgan fingerprint density at radius 1 is 0.647 bits per heavy atom. The van der Waals surface area contributed by atoms with Crippen LogP contribution in [0.25, 0.3) is 0 Å². The maximum absolute atomic E-state index is 9.10. The highest BCUT2D eigenvalue weighted by molar-refractivity contribution is 6.27. The first-order valence-electron chi connectivity index (χ1n) is 11.8. The minimum Gasteiger partial charge on any atom is -0.473 e. The second-order valence-corrected chi connectivity index (χ2v) is 10.1. The summed E-state index contributed by atoms with van der Waals surface area (Å²) in [5.41, 5.74) is 4.20. The summed E-state index contributed by atoms with van der Waals surface area (Å²) >= 11 is 0. The number of likely N-dealkylation sites (tertiary alicyclic amines) is 2. The fourth-order valence-electron chi connectivity index (χ4n) is 5.12. The number of carboxylic acids is 2. The molecule has 0 aliphatic carbocycles. The fourth-order valence-corrected chi connectivity index (χ4v) is 5.12. The summed E-state index contributed by atoms with van der Waals surface area (Å²) in [5, 5.41) is 21.5. The summed E-state index contributed by atoms with van der Waals surface area (Å²) in [6, 6.07) is 21.5. The molecule has 4 aliphatic heterocycles. The monoisotopic (exact) mass is 466 g/mol. The second kappa shape index (κ2) is 10.7. The Morgan fingerprint density at radius 3 is 1.21 bits per heavy atom. The van der Waals surface area contributed by atoms with Crippen LogP contribution in [0.4, 0.5) is 0 Å². The van der Waals surface area contributed by atoms with Gasteiger partial charge in [-0.05, 0) is 11.1 Å². The molecule has 6 rings (SSSR count). The zero-order chi connectivity index (χ0) is 24.0. The van der Waals surface area contributed by atoms with Crippen LogP contribution in [0.3, 0.4) is 0 Å². The number of benzene rings is 2. The molecular weight excluding hydrogens is 432 g/mol. The Labute approximate surface area is 200 Å². The van der Waals surface area contributed by atoms with Crippen molar-refractivity contribution in [1.82, 2.24) is 20.4 Å². The molecule has 2 aromatic carbocycles. The lowest BCUT2D eigenvalue weighted by Gasteiger charge is -2.56. The van der Waals surface area contributed by atoms with Crippen molar-refractivity contribution in [2.45, 2.75) is 13.1 Å². The number of nitrogens with zero attached hydrogens (tertiary/aromatic N) is 2. The molecule has 4 N–H and O–H groups in total. The normalized spacial score (nSPS) is 21.3. The molecule has 0 bridgehead atoms. The molecule has 34 heavy (non-hydrogen) atoms. The summed E-state index contributed by atoms with van der Waals surface area (Å²) in [4.78, 5) is 23.3. The molecule has 8 heteroatoms. The largest absolute Gasteiger partial charge is 0.473 e. The van der Waals surface area contributed by atoms with Crippen molar-refractivity contribution in [3.05, 3.63) is 71.8 Å². The molecule has 2 spiro atoms. The van der Waals surface area contributed by atoms with Crippen molar-refractivity contribution in [1.29, 1.82) is 0 Å². The number of nitrogens with one attached hydrogen (secondary N) is 2. The van der Waals surface area contributed by atoms with Crippen LogP contribution >= 0.6 is 0 Å². The van der Waals surface area contributed by atoms with E-state index in [0.29, 0.717) is 10.8 Å². The minimum atomic E-state index is -1.82. The van der Waals surface area contributed by atoms with Gasteiger partial charge in [0.15, 0.2) is 0 Å². The van der Waals surface area contributed by atoms with Gasteiger partial charge in [-0.2, -0.15) is 0 Å². The van der Waals surface area contributed by atoms with E-state index in [0.717, 1.165) is 13.1 Å². The quantitative estimate of drug-likeness (QED) is 0.501. The molecule has 4 heterocycles. The van der Waals surface area contributed by atoms with Gasteiger partial charge in [0.05, 0.1) is 0 Å². The molecule has 182 valence electrons. The first kappa shape index (κ1) is 24.3. The van der Waals surface area contributed by atoms with Gasteiger partial charge in [-0.3, -0.25) is 9.80 Å². The Morgan fingerprint density at radius 2 is 0.971 bits per heavy atom. The fraction of sp³-hybridized carbons (Fsp3) is 0.462. The van der Waals surface area contributed by atoms with Crippen LogP contribution < -0.4 is 10.6 Å². The lowest BCUT2D eigenvalue weighted by atomic mass is 9.74. The topological polar surface area (TPSA) is 105 Å². The number of hydrogen-bond donors (Lipinski definition) is 4. The van der Waals surface area contributed by atoms with E-state index in [1.807, 2.05) is 0 Å². The summed E-state index contributed by atoms with van der Waals surface area (Å²) in [6.07, 6.45) is 0. The molecule has 4 fully saturated rings. The van der Waals surface area contributed by atoms with Gasteiger partial charge in [0.2, 0.25) is 0 Å². The van der Waals surface area contributed by atoms with Crippen LogP contribution in [0.15, 0.2) is 60.7 Å². The zero-order valence-corrected chi connectivity index (χ0v) is 19.4. The minimum absolute atomic E-state index is 0.661. The second-order valence-electron chi connectivity index (χ2n) is 10.1. The average molecular weight is 467 g/mol. The summed E-state index contributed by atoms with van der Waals surface area (Å²) in [6.45, 7) is 12.3. The van der Waals surface area contributed by atoms with E-state index in [-0.39, 0.29) is 0 Å². The van der Waals surface area contributed by atoms with Crippen LogP contribution in [0.5, 0.6) is 0 Å². The standard InChI is InChI=1S/2C12H16N2.C2H2O4/c2*1-2-4-11(5-3-1)6-14-9-12(10-14)7-13-8-12;3-1(4)2(5)6/h2*1-5,13H,6-10H2;(H,3,4)(H,5,6). The molecule has 0 atom stereocenters. The van der Waals surface area contributed by atoms with Crippen molar-refractivity contribution >= 4 is 11.9 Å². The number of hydrogen-bond acceptors (Lipinski definition) is 6. The van der Waals surface area contributed by atoms with E-state index in [1.54, 1.807) is 0 Å². The lowest BCUT2D eigenvalue weighted by molar-refractivity contribution is -0.159. The number of carbonyl (C=O) groups is 2. The van der Waals surface area contributed by atoms with Crippen LogP contribution in [-0.2, 0) is 22.7 Å². The van der Waals surface area contributed by atoms with E-state index >= 15 is 0 Å². The van der Waals surface area contributed by atoms with E-state index in [1.165, 1.54) is 63.5 Å². The Bertz CT molecular complexity index is 866. The summed E-state index contributed by atoms with van der Waals surface area (Å²) < 4.78 is 0. The summed E-state index contributed by atoms with van der Waals surface area (Å²) in [7, 11) is 0. The number of carboxylic acid groups (broad SMARTS) is 2. The average Bonchev–Trinajstić information content (AvgIpc) is 2.72. The first-order valence-corrected chi connectivity index (χ1v) is 11.8. The van der Waals surface area contributed by atoms with Crippen molar-refractivity contribution in [2.24, 2.45) is 10.8 Å². The molecular formula is C26H34N4O4. The molecule has 0 radical (unpaired) electrons. The molecule has 8 nitrogen and oxygen atoms in total. The number of rotatable bonds is 4. The van der Waals surface area contributed by atoms with E-state index in [9.17, 15) is 0 Å². The highest BCUT2D eigenvalue weighted by Gasteiger charge is 2.47. The molecule has 0 saturated carbocycles. The Kier molecular flexibility index (Phi) is 7.63. The lowest BCUT2D eigenvalue weighted by Crippen LogP contribution is -2.70. The van der Waals surface area contributed by atoms with E-state index < -0.39 is 11.9 Å². The summed E-state index contributed by atoms with van der Waals surface area (Å²) in [5.74, 6) is -3.65. The molecule has 4 aliphatic rings.